The van der Waals surface area contributed by atoms with Gasteiger partial charge in [-0.3, -0.25) is 4.79 Å². The molecule has 9 nitrogen and oxygen atoms in total. The van der Waals surface area contributed by atoms with E-state index in [1.807, 2.05) is 32.2 Å². The van der Waals surface area contributed by atoms with E-state index in [9.17, 15) is 18.0 Å². The predicted octanol–water partition coefficient (Wildman–Crippen LogP) is 5.00. The lowest BCUT2D eigenvalue weighted by atomic mass is 10.1. The van der Waals surface area contributed by atoms with E-state index in [2.05, 4.69) is 30.2 Å². The number of aromatic amines is 2. The molecule has 1 saturated heterocycles. The summed E-state index contributed by atoms with van der Waals surface area (Å²) in [6, 6.07) is 9.49. The number of aromatic nitrogens is 4. The molecule has 0 bridgehead atoms. The number of halogens is 3. The van der Waals surface area contributed by atoms with E-state index in [0.29, 0.717) is 48.6 Å². The number of nitrogens with one attached hydrogen (secondary N) is 3. The molecule has 1 aliphatic rings. The summed E-state index contributed by atoms with van der Waals surface area (Å²) in [6.07, 6.45) is -1.73. The van der Waals surface area contributed by atoms with Crippen LogP contribution < -0.4 is 15.8 Å². The van der Waals surface area contributed by atoms with E-state index in [0.717, 1.165) is 11.5 Å². The topological polar surface area (TPSA) is 106 Å². The zero-order chi connectivity index (χ0) is 27.3. The van der Waals surface area contributed by atoms with Crippen molar-refractivity contribution >= 4 is 33.3 Å². The lowest BCUT2D eigenvalue weighted by Gasteiger charge is -2.35. The number of likely N-dealkylation sites (N-methyl/N-ethyl adjacent to an activating group) is 1. The Morgan fingerprint density at radius 3 is 2.56 bits per heavy atom. The maximum Gasteiger partial charge on any atom is 0.418 e. The van der Waals surface area contributed by atoms with Gasteiger partial charge in [-0.2, -0.15) is 13.2 Å². The third kappa shape index (κ3) is 4.60. The van der Waals surface area contributed by atoms with Crippen LogP contribution in [0.1, 0.15) is 24.2 Å². The van der Waals surface area contributed by atoms with E-state index in [1.165, 1.54) is 18.7 Å². The Labute approximate surface area is 220 Å². The number of para-hydroxylation sites is 1. The first-order valence-electron chi connectivity index (χ1n) is 12.5. The number of piperazine rings is 1. The first-order chi connectivity index (χ1) is 18.7. The summed E-state index contributed by atoms with van der Waals surface area (Å²) < 4.78 is 47.6. The van der Waals surface area contributed by atoms with E-state index >= 15 is 0 Å². The summed E-state index contributed by atoms with van der Waals surface area (Å²) in [5.74, 6) is 0.163. The minimum absolute atomic E-state index is 0.0894. The first kappa shape index (κ1) is 25.0. The van der Waals surface area contributed by atoms with Crippen molar-refractivity contribution in [3.8, 4) is 11.4 Å². The molecule has 0 spiro atoms. The van der Waals surface area contributed by atoms with Crippen LogP contribution in [-0.2, 0) is 6.18 Å². The van der Waals surface area contributed by atoms with Crippen LogP contribution in [0.3, 0.4) is 0 Å². The molecule has 1 atom stereocenters. The molecule has 0 aliphatic carbocycles. The number of H-pyrrole nitrogens is 2. The average Bonchev–Trinajstić information content (AvgIpc) is 3.58. The Bertz CT molecular complexity index is 1700. The molecule has 0 amide bonds. The van der Waals surface area contributed by atoms with Crippen molar-refractivity contribution in [1.29, 1.82) is 0 Å². The molecule has 4 heterocycles. The number of fused-ring (bicyclic) bond motifs is 2. The van der Waals surface area contributed by atoms with Crippen LogP contribution in [0.15, 0.2) is 58.3 Å². The lowest BCUT2D eigenvalue weighted by molar-refractivity contribution is -0.137. The summed E-state index contributed by atoms with van der Waals surface area (Å²) in [4.78, 5) is 31.9. The molecule has 0 radical (unpaired) electrons. The highest BCUT2D eigenvalue weighted by Gasteiger charge is 2.36. The van der Waals surface area contributed by atoms with Gasteiger partial charge in [0.15, 0.2) is 6.39 Å². The Kier molecular flexibility index (Phi) is 6.06. The van der Waals surface area contributed by atoms with E-state index in [1.54, 1.807) is 11.0 Å². The van der Waals surface area contributed by atoms with Crippen LogP contribution in [0, 0.1) is 0 Å². The van der Waals surface area contributed by atoms with Crippen LogP contribution in [0.25, 0.3) is 33.3 Å². The van der Waals surface area contributed by atoms with Crippen molar-refractivity contribution in [2.45, 2.75) is 19.1 Å². The minimum atomic E-state index is -4.56. The number of nitrogens with zero attached hydrogens (tertiary/aromatic N) is 4. The number of oxazole rings is 1. The number of rotatable bonds is 5. The van der Waals surface area contributed by atoms with Gasteiger partial charge < -0.3 is 29.5 Å². The third-order valence-electron chi connectivity index (χ3n) is 7.16. The van der Waals surface area contributed by atoms with Gasteiger partial charge in [0, 0.05) is 31.6 Å². The predicted molar refractivity (Wildman–Crippen MR) is 143 cm³/mol. The van der Waals surface area contributed by atoms with Crippen LogP contribution in [0.4, 0.5) is 24.5 Å². The molecule has 0 unspecified atom stereocenters. The highest BCUT2D eigenvalue weighted by molar-refractivity contribution is 5.99. The van der Waals surface area contributed by atoms with Crippen LogP contribution >= 0.6 is 0 Å². The van der Waals surface area contributed by atoms with Gasteiger partial charge >= 0.3 is 6.18 Å². The lowest BCUT2D eigenvalue weighted by Crippen LogP contribution is -2.45. The second kappa shape index (κ2) is 9.45. The molecular weight excluding hydrogens is 511 g/mol. The molecule has 6 rings (SSSR count). The fourth-order valence-electron chi connectivity index (χ4n) is 5.05. The number of pyridine rings is 1. The van der Waals surface area contributed by atoms with Crippen molar-refractivity contribution in [3.05, 3.63) is 70.7 Å². The molecule has 2 aromatic carbocycles. The van der Waals surface area contributed by atoms with Crippen molar-refractivity contribution in [2.24, 2.45) is 0 Å². The van der Waals surface area contributed by atoms with Gasteiger partial charge in [0.1, 0.15) is 23.3 Å². The van der Waals surface area contributed by atoms with Crippen LogP contribution in [-0.4, -0.2) is 58.1 Å². The molecule has 3 aromatic heterocycles. The smallest absolute Gasteiger partial charge is 0.418 e. The van der Waals surface area contributed by atoms with Gasteiger partial charge in [-0.15, -0.1) is 0 Å². The Morgan fingerprint density at radius 1 is 1.08 bits per heavy atom. The summed E-state index contributed by atoms with van der Waals surface area (Å²) in [5.41, 5.74) is 1.36. The standard InChI is InChI=1S/C27H26F3N7O2/c1-15(21-13-39-14-31-21)32-24-16-5-3-4-6-18(16)35-26(38)23(24)25-33-19-11-17(27(28,29)30)22(12-20(19)34-25)37-9-7-36(2)8-10-37/h3-6,11-15H,7-10H2,1-2H3,(H,33,34)(H2,32,35,38)/t15-/m1/s1. The van der Waals surface area contributed by atoms with Crippen molar-refractivity contribution in [2.75, 3.05) is 43.4 Å². The zero-order valence-electron chi connectivity index (χ0n) is 21.3. The molecule has 39 heavy (non-hydrogen) atoms. The first-order valence-corrected chi connectivity index (χ1v) is 12.5. The maximum atomic E-state index is 14.2. The Balaban J connectivity index is 1.52. The largest absolute Gasteiger partial charge is 0.451 e. The molecule has 1 aliphatic heterocycles. The fraction of sp³-hybridized carbons (Fsp3) is 0.296. The normalized spacial score (nSPS) is 15.8. The highest BCUT2D eigenvalue weighted by atomic mass is 19.4. The number of benzene rings is 2. The maximum absolute atomic E-state index is 14.2. The van der Waals surface area contributed by atoms with E-state index < -0.39 is 17.3 Å². The summed E-state index contributed by atoms with van der Waals surface area (Å²) in [5, 5.41) is 4.07. The van der Waals surface area contributed by atoms with Crippen LogP contribution in [0.5, 0.6) is 0 Å². The van der Waals surface area contributed by atoms with Gasteiger partial charge in [-0.05, 0) is 32.2 Å². The van der Waals surface area contributed by atoms with E-state index in [4.69, 9.17) is 4.42 Å². The van der Waals surface area contributed by atoms with Gasteiger partial charge in [-0.1, -0.05) is 18.2 Å². The summed E-state index contributed by atoms with van der Waals surface area (Å²) in [6.45, 7) is 4.13. The van der Waals surface area contributed by atoms with Gasteiger partial charge in [-0.25, -0.2) is 9.97 Å². The number of anilines is 2. The average molecular weight is 538 g/mol. The third-order valence-corrected chi connectivity index (χ3v) is 7.16. The van der Waals surface area contributed by atoms with Crippen molar-refractivity contribution < 1.29 is 17.6 Å². The molecule has 3 N–H and O–H groups in total. The second-order valence-electron chi connectivity index (χ2n) is 9.79. The van der Waals surface area contributed by atoms with Gasteiger partial charge in [0.2, 0.25) is 0 Å². The quantitative estimate of drug-likeness (QED) is 0.290. The Hall–Kier alpha value is -4.32. The van der Waals surface area contributed by atoms with Gasteiger partial charge in [0.05, 0.1) is 39.5 Å². The molecule has 12 heteroatoms. The molecule has 1 fully saturated rings. The fourth-order valence-corrected chi connectivity index (χ4v) is 5.05. The highest BCUT2D eigenvalue weighted by Crippen LogP contribution is 2.40. The van der Waals surface area contributed by atoms with Crippen molar-refractivity contribution in [3.63, 3.8) is 0 Å². The monoisotopic (exact) mass is 537 g/mol. The van der Waals surface area contributed by atoms with Gasteiger partial charge in [0.25, 0.3) is 5.56 Å². The minimum Gasteiger partial charge on any atom is -0.451 e. The summed E-state index contributed by atoms with van der Waals surface area (Å²) in [7, 11) is 1.95. The number of hydrogen-bond donors (Lipinski definition) is 3. The Morgan fingerprint density at radius 2 is 1.85 bits per heavy atom. The molecule has 5 aromatic rings. The zero-order valence-corrected chi connectivity index (χ0v) is 21.3. The second-order valence-corrected chi connectivity index (χ2v) is 9.79. The SMILES string of the molecule is C[C@@H](Nc1c(-c2nc3cc(N4CCN(C)CC4)c(C(F)(F)F)cc3[nH]2)c(=O)[nH]c2ccccc12)c1cocn1. The van der Waals surface area contributed by atoms with Crippen LogP contribution in [0.2, 0.25) is 0 Å². The number of alkyl halides is 3. The number of hydrogen-bond acceptors (Lipinski definition) is 7. The molecule has 0 saturated carbocycles. The van der Waals surface area contributed by atoms with Crippen molar-refractivity contribution in [1.82, 2.24) is 24.8 Å². The summed E-state index contributed by atoms with van der Waals surface area (Å²) >= 11 is 0. The van der Waals surface area contributed by atoms with E-state index in [-0.39, 0.29) is 28.6 Å². The molecular formula is C27H26F3N7O2. The molecule has 202 valence electrons. The number of imidazole rings is 1.